The van der Waals surface area contributed by atoms with Gasteiger partial charge in [-0.2, -0.15) is 0 Å². The number of hydrogen-bond acceptors (Lipinski definition) is 2. The van der Waals surface area contributed by atoms with Gasteiger partial charge >= 0.3 is 0 Å². The summed E-state index contributed by atoms with van der Waals surface area (Å²) < 4.78 is 0. The molecule has 0 unspecified atom stereocenters. The first-order valence-electron chi connectivity index (χ1n) is 3.39. The average molecular weight is 177 g/mol. The zero-order valence-electron chi connectivity index (χ0n) is 6.61. The second kappa shape index (κ2) is 4.45. The number of hydrogen-bond donors (Lipinski definition) is 0. The second-order valence-electron chi connectivity index (χ2n) is 2.10. The number of aryl methyl sites for hydroxylation is 1. The van der Waals surface area contributed by atoms with Gasteiger partial charge in [0.2, 0.25) is 0 Å². The largest absolute Gasteiger partial charge is 0.132 e. The first-order valence-corrected chi connectivity index (χ1v) is 4.21. The predicted octanol–water partition coefficient (Wildman–Crippen LogP) is 2.72. The number of nitrogens with zero attached hydrogens (tertiary/aromatic N) is 3. The first kappa shape index (κ1) is 8.66. The van der Waals surface area contributed by atoms with Crippen molar-refractivity contribution in [1.29, 1.82) is 0 Å². The fraction of sp³-hybridized carbons (Fsp3) is 0.250. The van der Waals surface area contributed by atoms with Crippen molar-refractivity contribution in [3.05, 3.63) is 32.3 Å². The standard InChI is InChI=1S/C8H7N3S/c1-7-4-5-8(12-7)3-2-6-10-11-9/h4-5H,6H2,1H3. The molecular formula is C8H7N3S. The Morgan fingerprint density at radius 2 is 2.50 bits per heavy atom. The summed E-state index contributed by atoms with van der Waals surface area (Å²) in [6, 6.07) is 3.98. The Balaban J connectivity index is 2.60. The summed E-state index contributed by atoms with van der Waals surface area (Å²) in [7, 11) is 0. The molecule has 0 radical (unpaired) electrons. The molecule has 4 heteroatoms. The third kappa shape index (κ3) is 2.67. The van der Waals surface area contributed by atoms with Crippen LogP contribution >= 0.6 is 11.3 Å². The van der Waals surface area contributed by atoms with Gasteiger partial charge in [0, 0.05) is 9.79 Å². The minimum absolute atomic E-state index is 0.243. The average Bonchev–Trinajstić information content (AvgIpc) is 2.45. The summed E-state index contributed by atoms with van der Waals surface area (Å²) in [6.07, 6.45) is 0. The van der Waals surface area contributed by atoms with Crippen molar-refractivity contribution >= 4 is 11.3 Å². The van der Waals surface area contributed by atoms with Crippen molar-refractivity contribution < 1.29 is 0 Å². The molecule has 1 rings (SSSR count). The van der Waals surface area contributed by atoms with E-state index in [1.54, 1.807) is 11.3 Å². The van der Waals surface area contributed by atoms with E-state index in [1.807, 2.05) is 19.1 Å². The first-order chi connectivity index (χ1) is 5.83. The third-order valence-corrected chi connectivity index (χ3v) is 2.08. The van der Waals surface area contributed by atoms with E-state index >= 15 is 0 Å². The van der Waals surface area contributed by atoms with Gasteiger partial charge in [-0.25, -0.2) is 0 Å². The van der Waals surface area contributed by atoms with E-state index in [1.165, 1.54) is 4.88 Å². The van der Waals surface area contributed by atoms with E-state index in [4.69, 9.17) is 5.53 Å². The van der Waals surface area contributed by atoms with E-state index in [-0.39, 0.29) is 6.54 Å². The van der Waals surface area contributed by atoms with Crippen LogP contribution in [0.25, 0.3) is 10.4 Å². The Morgan fingerprint density at radius 3 is 3.08 bits per heavy atom. The highest BCUT2D eigenvalue weighted by molar-refractivity contribution is 7.12. The fourth-order valence-corrected chi connectivity index (χ4v) is 1.44. The number of rotatable bonds is 1. The molecule has 0 spiro atoms. The molecule has 0 saturated carbocycles. The van der Waals surface area contributed by atoms with Crippen molar-refractivity contribution in [3.8, 4) is 11.8 Å². The molecule has 0 saturated heterocycles. The van der Waals surface area contributed by atoms with Gasteiger partial charge < -0.3 is 0 Å². The highest BCUT2D eigenvalue weighted by Crippen LogP contribution is 2.12. The van der Waals surface area contributed by atoms with Gasteiger partial charge in [0.15, 0.2) is 0 Å². The van der Waals surface area contributed by atoms with Crippen LogP contribution in [-0.2, 0) is 0 Å². The van der Waals surface area contributed by atoms with Crippen LogP contribution in [0.4, 0.5) is 0 Å². The van der Waals surface area contributed by atoms with Crippen LogP contribution in [0.3, 0.4) is 0 Å². The van der Waals surface area contributed by atoms with Crippen LogP contribution in [0, 0.1) is 18.8 Å². The van der Waals surface area contributed by atoms with E-state index in [0.717, 1.165) is 4.88 Å². The van der Waals surface area contributed by atoms with Crippen LogP contribution in [0.2, 0.25) is 0 Å². The second-order valence-corrected chi connectivity index (χ2v) is 3.39. The van der Waals surface area contributed by atoms with Gasteiger partial charge in [-0.1, -0.05) is 17.0 Å². The quantitative estimate of drug-likeness (QED) is 0.274. The van der Waals surface area contributed by atoms with Gasteiger partial charge in [-0.05, 0) is 24.6 Å². The molecule has 0 aliphatic carbocycles. The Labute approximate surface area is 74.7 Å². The summed E-state index contributed by atoms with van der Waals surface area (Å²) in [5.41, 5.74) is 7.96. The van der Waals surface area contributed by atoms with Crippen molar-refractivity contribution in [2.45, 2.75) is 6.92 Å². The molecule has 0 aromatic carbocycles. The highest BCUT2D eigenvalue weighted by Gasteiger charge is 1.89. The lowest BCUT2D eigenvalue weighted by Crippen LogP contribution is -1.67. The van der Waals surface area contributed by atoms with E-state index in [9.17, 15) is 0 Å². The maximum absolute atomic E-state index is 7.96. The van der Waals surface area contributed by atoms with Gasteiger partial charge in [-0.15, -0.1) is 11.3 Å². The lowest BCUT2D eigenvalue weighted by Gasteiger charge is -1.75. The maximum atomic E-state index is 7.96. The van der Waals surface area contributed by atoms with Gasteiger partial charge in [0.25, 0.3) is 0 Å². The molecule has 3 nitrogen and oxygen atoms in total. The Bertz CT molecular complexity index is 363. The smallest absolute Gasteiger partial charge is 0.0880 e. The minimum atomic E-state index is 0.243. The molecule has 1 heterocycles. The lowest BCUT2D eigenvalue weighted by atomic mass is 10.4. The van der Waals surface area contributed by atoms with Crippen LogP contribution in [0.5, 0.6) is 0 Å². The third-order valence-electron chi connectivity index (χ3n) is 1.16. The predicted molar refractivity (Wildman–Crippen MR) is 49.9 cm³/mol. The van der Waals surface area contributed by atoms with E-state index in [2.05, 4.69) is 21.9 Å². The van der Waals surface area contributed by atoms with Crippen molar-refractivity contribution in [2.75, 3.05) is 6.54 Å². The number of thiophene rings is 1. The van der Waals surface area contributed by atoms with Crippen LogP contribution in [0.1, 0.15) is 9.75 Å². The van der Waals surface area contributed by atoms with Crippen molar-refractivity contribution in [2.24, 2.45) is 5.11 Å². The van der Waals surface area contributed by atoms with Crippen LogP contribution < -0.4 is 0 Å². The molecule has 0 fully saturated rings. The van der Waals surface area contributed by atoms with Gasteiger partial charge in [0.05, 0.1) is 11.4 Å². The number of azide groups is 1. The van der Waals surface area contributed by atoms with Crippen LogP contribution in [-0.4, -0.2) is 6.54 Å². The van der Waals surface area contributed by atoms with Gasteiger partial charge in [0.1, 0.15) is 0 Å². The topological polar surface area (TPSA) is 48.8 Å². The molecule has 0 atom stereocenters. The van der Waals surface area contributed by atoms with Crippen molar-refractivity contribution in [1.82, 2.24) is 0 Å². The normalized spacial score (nSPS) is 8.08. The van der Waals surface area contributed by atoms with Crippen LogP contribution in [0.15, 0.2) is 17.2 Å². The molecule has 12 heavy (non-hydrogen) atoms. The summed E-state index contributed by atoms with van der Waals surface area (Å²) >= 11 is 1.64. The molecule has 0 aliphatic heterocycles. The molecule has 60 valence electrons. The summed E-state index contributed by atoms with van der Waals surface area (Å²) in [6.45, 7) is 2.27. The molecule has 1 aromatic heterocycles. The molecule has 0 N–H and O–H groups in total. The van der Waals surface area contributed by atoms with Crippen molar-refractivity contribution in [3.63, 3.8) is 0 Å². The zero-order chi connectivity index (χ0) is 8.81. The molecular weight excluding hydrogens is 170 g/mol. The fourth-order valence-electron chi connectivity index (χ4n) is 0.695. The summed E-state index contributed by atoms with van der Waals surface area (Å²) in [5, 5.41) is 3.31. The Morgan fingerprint density at radius 1 is 1.67 bits per heavy atom. The van der Waals surface area contributed by atoms with E-state index in [0.29, 0.717) is 0 Å². The molecule has 0 bridgehead atoms. The molecule has 0 amide bonds. The zero-order valence-corrected chi connectivity index (χ0v) is 7.43. The highest BCUT2D eigenvalue weighted by atomic mass is 32.1. The monoisotopic (exact) mass is 177 g/mol. The molecule has 1 aromatic rings. The maximum Gasteiger partial charge on any atom is 0.0880 e. The lowest BCUT2D eigenvalue weighted by molar-refractivity contribution is 1.25. The molecule has 0 aliphatic rings. The van der Waals surface area contributed by atoms with Gasteiger partial charge in [-0.3, -0.25) is 0 Å². The Hall–Kier alpha value is -1.43. The summed E-state index contributed by atoms with van der Waals surface area (Å²) in [4.78, 5) is 4.85. The van der Waals surface area contributed by atoms with E-state index < -0.39 is 0 Å². The Kier molecular flexibility index (Phi) is 3.21. The minimum Gasteiger partial charge on any atom is -0.132 e. The summed E-state index contributed by atoms with van der Waals surface area (Å²) in [5.74, 6) is 5.66. The SMILES string of the molecule is Cc1ccc(C#CCN=[N+]=[N-])s1.